The third kappa shape index (κ3) is 3.12. The number of thiophene rings is 1. The van der Waals surface area contributed by atoms with Gasteiger partial charge in [0, 0.05) is 23.2 Å². The summed E-state index contributed by atoms with van der Waals surface area (Å²) in [6, 6.07) is 17.0. The van der Waals surface area contributed by atoms with Crippen molar-refractivity contribution in [1.29, 1.82) is 0 Å². The molecule has 2 amide bonds. The van der Waals surface area contributed by atoms with Crippen LogP contribution < -0.4 is 5.32 Å². The first kappa shape index (κ1) is 18.4. The Morgan fingerprint density at radius 3 is 2.54 bits per heavy atom. The molecule has 4 rings (SSSR count). The van der Waals surface area contributed by atoms with Gasteiger partial charge in [0.15, 0.2) is 0 Å². The number of hydrogen-bond donors (Lipinski definition) is 1. The Morgan fingerprint density at radius 2 is 1.82 bits per heavy atom. The second-order valence-electron chi connectivity index (χ2n) is 7.23. The predicted molar refractivity (Wildman–Crippen MR) is 113 cm³/mol. The van der Waals surface area contributed by atoms with Crippen molar-refractivity contribution in [2.24, 2.45) is 0 Å². The second kappa shape index (κ2) is 7.24. The van der Waals surface area contributed by atoms with Crippen molar-refractivity contribution < 1.29 is 9.59 Å². The van der Waals surface area contributed by atoms with E-state index in [-0.39, 0.29) is 17.9 Å². The van der Waals surface area contributed by atoms with Crippen LogP contribution in [0.5, 0.6) is 0 Å². The van der Waals surface area contributed by atoms with Crippen molar-refractivity contribution in [1.82, 2.24) is 4.90 Å². The molecule has 0 radical (unpaired) electrons. The van der Waals surface area contributed by atoms with Gasteiger partial charge in [-0.1, -0.05) is 30.3 Å². The van der Waals surface area contributed by atoms with Crippen molar-refractivity contribution >= 4 is 28.8 Å². The van der Waals surface area contributed by atoms with Crippen molar-refractivity contribution in [2.45, 2.75) is 25.8 Å². The highest BCUT2D eigenvalue weighted by Gasteiger charge is 2.43. The van der Waals surface area contributed by atoms with E-state index in [1.54, 1.807) is 29.4 Å². The van der Waals surface area contributed by atoms with E-state index in [0.29, 0.717) is 5.56 Å². The SMILES string of the molecule is Cc1ccc(NC(=O)[C@H]2c3ccccc3C(=O)N(C)[C@H]2c2cccs2)cc1C. The minimum Gasteiger partial charge on any atom is -0.333 e. The number of nitrogens with zero attached hydrogens (tertiary/aromatic N) is 1. The predicted octanol–water partition coefficient (Wildman–Crippen LogP) is 4.91. The Balaban J connectivity index is 1.78. The lowest BCUT2D eigenvalue weighted by atomic mass is 9.81. The molecule has 2 heterocycles. The number of aryl methyl sites for hydroxylation is 2. The molecule has 1 N–H and O–H groups in total. The zero-order valence-electron chi connectivity index (χ0n) is 16.1. The van der Waals surface area contributed by atoms with Crippen LogP contribution in [-0.2, 0) is 4.79 Å². The average molecular weight is 391 g/mol. The summed E-state index contributed by atoms with van der Waals surface area (Å²) in [7, 11) is 1.78. The Hall–Kier alpha value is -2.92. The van der Waals surface area contributed by atoms with Crippen LogP contribution in [0.15, 0.2) is 60.0 Å². The summed E-state index contributed by atoms with van der Waals surface area (Å²) in [6.45, 7) is 4.08. The summed E-state index contributed by atoms with van der Waals surface area (Å²) < 4.78 is 0. The van der Waals surface area contributed by atoms with Gasteiger partial charge in [0.1, 0.15) is 0 Å². The van der Waals surface area contributed by atoms with Gasteiger partial charge < -0.3 is 10.2 Å². The fourth-order valence-corrected chi connectivity index (χ4v) is 4.72. The molecule has 142 valence electrons. The van der Waals surface area contributed by atoms with Gasteiger partial charge >= 0.3 is 0 Å². The number of carbonyl (C=O) groups is 2. The van der Waals surface area contributed by atoms with Gasteiger partial charge in [0.25, 0.3) is 5.91 Å². The van der Waals surface area contributed by atoms with Crippen molar-refractivity contribution in [2.75, 3.05) is 12.4 Å². The topological polar surface area (TPSA) is 49.4 Å². The Labute approximate surface area is 168 Å². The van der Waals surface area contributed by atoms with E-state index in [1.165, 1.54) is 5.56 Å². The average Bonchev–Trinajstić information content (AvgIpc) is 3.21. The molecule has 2 atom stereocenters. The summed E-state index contributed by atoms with van der Waals surface area (Å²) >= 11 is 1.57. The molecule has 5 heteroatoms. The number of hydrogen-bond acceptors (Lipinski definition) is 3. The molecule has 0 spiro atoms. The van der Waals surface area contributed by atoms with Crippen LogP contribution in [0.4, 0.5) is 5.69 Å². The van der Waals surface area contributed by atoms with E-state index in [4.69, 9.17) is 0 Å². The number of anilines is 1. The van der Waals surface area contributed by atoms with Crippen LogP contribution in [0.25, 0.3) is 0 Å². The third-order valence-corrected chi connectivity index (χ3v) is 6.41. The summed E-state index contributed by atoms with van der Waals surface area (Å²) in [5.41, 5.74) is 4.46. The Morgan fingerprint density at radius 1 is 1.04 bits per heavy atom. The normalized spacial score (nSPS) is 18.7. The third-order valence-electron chi connectivity index (χ3n) is 5.47. The number of rotatable bonds is 3. The van der Waals surface area contributed by atoms with Crippen LogP contribution in [-0.4, -0.2) is 23.8 Å². The first-order valence-electron chi connectivity index (χ1n) is 9.25. The molecule has 3 aromatic rings. The quantitative estimate of drug-likeness (QED) is 0.690. The molecule has 4 nitrogen and oxygen atoms in total. The van der Waals surface area contributed by atoms with E-state index in [9.17, 15) is 9.59 Å². The van der Waals surface area contributed by atoms with Crippen LogP contribution in [0.1, 0.15) is 43.9 Å². The molecule has 0 saturated heterocycles. The number of fused-ring (bicyclic) bond motifs is 1. The van der Waals surface area contributed by atoms with Crippen molar-refractivity contribution in [3.63, 3.8) is 0 Å². The van der Waals surface area contributed by atoms with Crippen LogP contribution in [0.3, 0.4) is 0 Å². The Bertz CT molecular complexity index is 1040. The van der Waals surface area contributed by atoms with Gasteiger partial charge in [-0.3, -0.25) is 9.59 Å². The lowest BCUT2D eigenvalue weighted by molar-refractivity contribution is -0.119. The van der Waals surface area contributed by atoms with Crippen LogP contribution >= 0.6 is 11.3 Å². The van der Waals surface area contributed by atoms with Gasteiger partial charge in [-0.15, -0.1) is 11.3 Å². The maximum Gasteiger partial charge on any atom is 0.254 e. The smallest absolute Gasteiger partial charge is 0.254 e. The van der Waals surface area contributed by atoms with Crippen LogP contribution in [0, 0.1) is 13.8 Å². The fourth-order valence-electron chi connectivity index (χ4n) is 3.81. The molecular formula is C23H22N2O2S. The highest BCUT2D eigenvalue weighted by molar-refractivity contribution is 7.10. The number of carbonyl (C=O) groups excluding carboxylic acids is 2. The molecule has 0 saturated carbocycles. The number of benzene rings is 2. The number of amides is 2. The molecule has 0 unspecified atom stereocenters. The maximum atomic E-state index is 13.4. The number of likely N-dealkylation sites (N-methyl/N-ethyl adjacent to an activating group) is 1. The molecule has 1 aromatic heterocycles. The second-order valence-corrected chi connectivity index (χ2v) is 8.21. The molecule has 1 aliphatic rings. The van der Waals surface area contributed by atoms with E-state index in [0.717, 1.165) is 21.7 Å². The molecule has 28 heavy (non-hydrogen) atoms. The monoisotopic (exact) mass is 390 g/mol. The minimum absolute atomic E-state index is 0.0516. The summed E-state index contributed by atoms with van der Waals surface area (Å²) in [4.78, 5) is 29.1. The zero-order valence-corrected chi connectivity index (χ0v) is 16.9. The maximum absolute atomic E-state index is 13.4. The molecule has 2 aromatic carbocycles. The van der Waals surface area contributed by atoms with E-state index < -0.39 is 5.92 Å². The fraction of sp³-hybridized carbons (Fsp3) is 0.217. The van der Waals surface area contributed by atoms with Gasteiger partial charge in [-0.2, -0.15) is 0 Å². The number of nitrogens with one attached hydrogen (secondary N) is 1. The first-order valence-corrected chi connectivity index (χ1v) is 10.1. The first-order chi connectivity index (χ1) is 13.5. The molecule has 0 fully saturated rings. The van der Waals surface area contributed by atoms with Gasteiger partial charge in [-0.25, -0.2) is 0 Å². The largest absolute Gasteiger partial charge is 0.333 e. The standard InChI is InChI=1S/C23H22N2O2S/c1-14-10-11-16(13-15(14)2)24-22(26)20-17-7-4-5-8-18(17)23(27)25(3)21(20)19-9-6-12-28-19/h4-13,20-21H,1-3H3,(H,24,26)/t20-,21-/m0/s1. The highest BCUT2D eigenvalue weighted by Crippen LogP contribution is 2.43. The summed E-state index contributed by atoms with van der Waals surface area (Å²) in [6.07, 6.45) is 0. The van der Waals surface area contributed by atoms with Gasteiger partial charge in [0.05, 0.1) is 12.0 Å². The van der Waals surface area contributed by atoms with E-state index >= 15 is 0 Å². The minimum atomic E-state index is -0.473. The summed E-state index contributed by atoms with van der Waals surface area (Å²) in [5.74, 6) is -0.628. The van der Waals surface area contributed by atoms with Gasteiger partial charge in [-0.05, 0) is 60.2 Å². The lowest BCUT2D eigenvalue weighted by Gasteiger charge is -2.39. The summed E-state index contributed by atoms with van der Waals surface area (Å²) in [5, 5.41) is 5.05. The lowest BCUT2D eigenvalue weighted by Crippen LogP contribution is -2.43. The van der Waals surface area contributed by atoms with Crippen LogP contribution in [0.2, 0.25) is 0 Å². The van der Waals surface area contributed by atoms with E-state index in [1.807, 2.05) is 67.8 Å². The zero-order chi connectivity index (χ0) is 19.8. The van der Waals surface area contributed by atoms with E-state index in [2.05, 4.69) is 5.32 Å². The Kier molecular flexibility index (Phi) is 4.77. The van der Waals surface area contributed by atoms with Gasteiger partial charge in [0.2, 0.25) is 5.91 Å². The van der Waals surface area contributed by atoms with Crippen molar-refractivity contribution in [3.8, 4) is 0 Å². The molecule has 0 bridgehead atoms. The molecular weight excluding hydrogens is 368 g/mol. The highest BCUT2D eigenvalue weighted by atomic mass is 32.1. The molecule has 0 aliphatic carbocycles. The molecule has 1 aliphatic heterocycles. The van der Waals surface area contributed by atoms with Crippen molar-refractivity contribution in [3.05, 3.63) is 87.1 Å².